The second-order valence-corrected chi connectivity index (χ2v) is 6.43. The summed E-state index contributed by atoms with van der Waals surface area (Å²) < 4.78 is 1.82. The highest BCUT2D eigenvalue weighted by Gasteiger charge is 2.09. The Labute approximate surface area is 163 Å². The molecule has 1 amide bonds. The fourth-order valence-electron chi connectivity index (χ4n) is 2.38. The number of amides is 1. The summed E-state index contributed by atoms with van der Waals surface area (Å²) in [6, 6.07) is 9.28. The summed E-state index contributed by atoms with van der Waals surface area (Å²) in [7, 11) is 3.57. The third kappa shape index (κ3) is 5.16. The molecule has 0 radical (unpaired) electrons. The van der Waals surface area contributed by atoms with Crippen molar-refractivity contribution < 1.29 is 4.79 Å². The zero-order valence-electron chi connectivity index (χ0n) is 15.1. The Morgan fingerprint density at radius 1 is 1.12 bits per heavy atom. The summed E-state index contributed by atoms with van der Waals surface area (Å²) in [4.78, 5) is 16.0. The van der Waals surface area contributed by atoms with Crippen LogP contribution in [0.2, 0.25) is 10.2 Å². The molecule has 140 valence electrons. The van der Waals surface area contributed by atoms with Crippen molar-refractivity contribution in [2.24, 2.45) is 12.0 Å². The van der Waals surface area contributed by atoms with Crippen molar-refractivity contribution in [2.75, 3.05) is 13.6 Å². The molecule has 0 saturated carbocycles. The van der Waals surface area contributed by atoms with Crippen LogP contribution in [0.25, 0.3) is 0 Å². The molecule has 0 saturated heterocycles. The minimum Gasteiger partial charge on any atom is -0.352 e. The Kier molecular flexibility index (Phi) is 7.36. The van der Waals surface area contributed by atoms with E-state index >= 15 is 0 Å². The highest BCUT2D eigenvalue weighted by atomic mass is 35.5. The maximum absolute atomic E-state index is 11.8. The van der Waals surface area contributed by atoms with Gasteiger partial charge in [0.2, 0.25) is 0 Å². The average Bonchev–Trinajstić information content (AvgIpc) is 2.89. The molecule has 1 heterocycles. The van der Waals surface area contributed by atoms with Gasteiger partial charge in [-0.1, -0.05) is 35.3 Å². The number of carbonyl (C=O) groups is 1. The van der Waals surface area contributed by atoms with Crippen LogP contribution in [0, 0.1) is 0 Å². The minimum absolute atomic E-state index is 0.0654. The lowest BCUT2D eigenvalue weighted by atomic mass is 10.1. The molecule has 1 aromatic carbocycles. The maximum Gasteiger partial charge on any atom is 0.251 e. The fraction of sp³-hybridized carbons (Fsp3) is 0.333. The first-order valence-electron chi connectivity index (χ1n) is 8.27. The fourth-order valence-corrected chi connectivity index (χ4v) is 2.79. The van der Waals surface area contributed by atoms with Gasteiger partial charge in [-0.3, -0.25) is 9.79 Å². The molecule has 1 aromatic heterocycles. The SMILES string of the molecule is CCNC(=O)c1ccc(CNC(=NC)NCc2cc(Cl)c(Cl)n2C)cc1. The van der Waals surface area contributed by atoms with Crippen molar-refractivity contribution in [2.45, 2.75) is 20.0 Å². The molecular weight excluding hydrogens is 373 g/mol. The number of halogens is 2. The lowest BCUT2D eigenvalue weighted by Gasteiger charge is -2.13. The predicted octanol–water partition coefficient (Wildman–Crippen LogP) is 2.95. The number of guanidine groups is 1. The first-order valence-corrected chi connectivity index (χ1v) is 9.03. The molecular formula is C18H23Cl2N5O. The van der Waals surface area contributed by atoms with E-state index in [9.17, 15) is 4.79 Å². The lowest BCUT2D eigenvalue weighted by molar-refractivity contribution is 0.0956. The van der Waals surface area contributed by atoms with E-state index in [1.54, 1.807) is 7.05 Å². The van der Waals surface area contributed by atoms with Gasteiger partial charge in [0.05, 0.1) is 11.6 Å². The molecule has 0 atom stereocenters. The van der Waals surface area contributed by atoms with Crippen molar-refractivity contribution in [1.29, 1.82) is 0 Å². The van der Waals surface area contributed by atoms with E-state index in [0.29, 0.717) is 41.3 Å². The van der Waals surface area contributed by atoms with Crippen LogP contribution in [0.3, 0.4) is 0 Å². The van der Waals surface area contributed by atoms with E-state index in [0.717, 1.165) is 11.3 Å². The molecule has 3 N–H and O–H groups in total. The number of nitrogens with one attached hydrogen (secondary N) is 3. The number of aliphatic imine (C=N–C) groups is 1. The van der Waals surface area contributed by atoms with Gasteiger partial charge < -0.3 is 20.5 Å². The number of rotatable bonds is 6. The lowest BCUT2D eigenvalue weighted by Crippen LogP contribution is -2.36. The number of benzene rings is 1. The topological polar surface area (TPSA) is 70.4 Å². The minimum atomic E-state index is -0.0654. The Bertz CT molecular complexity index is 784. The van der Waals surface area contributed by atoms with E-state index in [1.165, 1.54) is 0 Å². The molecule has 2 rings (SSSR count). The summed E-state index contributed by atoms with van der Waals surface area (Å²) in [5.74, 6) is 0.593. The number of carbonyl (C=O) groups excluding carboxylic acids is 1. The summed E-state index contributed by atoms with van der Waals surface area (Å²) in [6.07, 6.45) is 0. The number of nitrogens with zero attached hydrogens (tertiary/aromatic N) is 2. The second kappa shape index (κ2) is 9.50. The Morgan fingerprint density at radius 2 is 1.77 bits per heavy atom. The van der Waals surface area contributed by atoms with Crippen molar-refractivity contribution >= 4 is 35.1 Å². The summed E-state index contributed by atoms with van der Waals surface area (Å²) >= 11 is 12.1. The first kappa shape index (κ1) is 20.1. The van der Waals surface area contributed by atoms with Gasteiger partial charge in [0.15, 0.2) is 5.96 Å². The third-order valence-electron chi connectivity index (χ3n) is 3.89. The Balaban J connectivity index is 1.88. The number of hydrogen-bond donors (Lipinski definition) is 3. The van der Waals surface area contributed by atoms with Crippen molar-refractivity contribution in [3.63, 3.8) is 0 Å². The van der Waals surface area contributed by atoms with Crippen LogP contribution in [0.15, 0.2) is 35.3 Å². The van der Waals surface area contributed by atoms with Crippen molar-refractivity contribution in [3.05, 3.63) is 57.3 Å². The summed E-state index contributed by atoms with van der Waals surface area (Å²) in [6.45, 7) is 3.64. The van der Waals surface area contributed by atoms with Crippen molar-refractivity contribution in [3.8, 4) is 0 Å². The molecule has 0 aliphatic carbocycles. The van der Waals surface area contributed by atoms with Gasteiger partial charge in [0.1, 0.15) is 5.15 Å². The molecule has 26 heavy (non-hydrogen) atoms. The maximum atomic E-state index is 11.8. The highest BCUT2D eigenvalue weighted by Crippen LogP contribution is 2.24. The van der Waals surface area contributed by atoms with E-state index in [2.05, 4.69) is 20.9 Å². The molecule has 6 nitrogen and oxygen atoms in total. The van der Waals surface area contributed by atoms with Crippen molar-refractivity contribution in [1.82, 2.24) is 20.5 Å². The van der Waals surface area contributed by atoms with Gasteiger partial charge in [0, 0.05) is 38.4 Å². The van der Waals surface area contributed by atoms with Crippen LogP contribution in [0.5, 0.6) is 0 Å². The predicted molar refractivity (Wildman–Crippen MR) is 107 cm³/mol. The Hall–Kier alpha value is -2.18. The first-order chi connectivity index (χ1) is 12.5. The van der Waals surface area contributed by atoms with Gasteiger partial charge >= 0.3 is 0 Å². The molecule has 8 heteroatoms. The zero-order valence-corrected chi connectivity index (χ0v) is 16.6. The average molecular weight is 396 g/mol. The van der Waals surface area contributed by atoms with Crippen LogP contribution in [-0.4, -0.2) is 30.0 Å². The number of hydrogen-bond acceptors (Lipinski definition) is 2. The third-order valence-corrected chi connectivity index (χ3v) is 4.73. The van der Waals surface area contributed by atoms with Crippen LogP contribution < -0.4 is 16.0 Å². The second-order valence-electron chi connectivity index (χ2n) is 5.67. The van der Waals surface area contributed by atoms with Gasteiger partial charge in [-0.2, -0.15) is 0 Å². The quantitative estimate of drug-likeness (QED) is 0.520. The number of aromatic nitrogens is 1. The van der Waals surface area contributed by atoms with Crippen LogP contribution in [-0.2, 0) is 20.1 Å². The van der Waals surface area contributed by atoms with Gasteiger partial charge in [0.25, 0.3) is 5.91 Å². The van der Waals surface area contributed by atoms with Crippen LogP contribution in [0.4, 0.5) is 0 Å². The molecule has 0 unspecified atom stereocenters. The zero-order chi connectivity index (χ0) is 19.1. The van der Waals surface area contributed by atoms with E-state index in [-0.39, 0.29) is 5.91 Å². The largest absolute Gasteiger partial charge is 0.352 e. The van der Waals surface area contributed by atoms with E-state index in [4.69, 9.17) is 23.2 Å². The summed E-state index contributed by atoms with van der Waals surface area (Å²) in [5.41, 5.74) is 2.65. The molecule has 0 spiro atoms. The Morgan fingerprint density at radius 3 is 2.31 bits per heavy atom. The monoisotopic (exact) mass is 395 g/mol. The molecule has 2 aromatic rings. The molecule has 0 bridgehead atoms. The standard InChI is InChI=1S/C18H23Cl2N5O/c1-4-22-17(26)13-7-5-12(6-8-13)10-23-18(21-2)24-11-14-9-15(19)16(20)25(14)3/h5-9H,4,10-11H2,1-3H3,(H,22,26)(H2,21,23,24). The normalized spacial score (nSPS) is 11.3. The van der Waals surface area contributed by atoms with Crippen LogP contribution >= 0.6 is 23.2 Å². The van der Waals surface area contributed by atoms with E-state index in [1.807, 2.05) is 48.9 Å². The molecule has 0 aliphatic rings. The molecule has 0 aliphatic heterocycles. The van der Waals surface area contributed by atoms with Gasteiger partial charge in [-0.05, 0) is 30.7 Å². The van der Waals surface area contributed by atoms with Crippen LogP contribution in [0.1, 0.15) is 28.5 Å². The van der Waals surface area contributed by atoms with Gasteiger partial charge in [-0.15, -0.1) is 0 Å². The highest BCUT2D eigenvalue weighted by molar-refractivity contribution is 6.41. The molecule has 0 fully saturated rings. The summed E-state index contributed by atoms with van der Waals surface area (Å²) in [5, 5.41) is 10.3. The smallest absolute Gasteiger partial charge is 0.251 e. The van der Waals surface area contributed by atoms with E-state index < -0.39 is 0 Å². The van der Waals surface area contributed by atoms with Gasteiger partial charge in [-0.25, -0.2) is 0 Å².